The van der Waals surface area contributed by atoms with Gasteiger partial charge in [0.05, 0.1) is 0 Å². The summed E-state index contributed by atoms with van der Waals surface area (Å²) < 4.78 is 5.64. The van der Waals surface area contributed by atoms with Crippen molar-refractivity contribution in [2.45, 2.75) is 33.8 Å². The molecule has 1 N–H and O–H groups in total. The van der Waals surface area contributed by atoms with Crippen molar-refractivity contribution in [3.8, 4) is 5.75 Å². The number of hydrogen-bond acceptors (Lipinski definition) is 3. The topological polar surface area (TPSA) is 55.4 Å². The van der Waals surface area contributed by atoms with Gasteiger partial charge in [0.25, 0.3) is 5.91 Å². The Morgan fingerprint density at radius 2 is 1.83 bits per heavy atom. The first kappa shape index (κ1) is 16.7. The maximum atomic E-state index is 12.3. The van der Waals surface area contributed by atoms with Gasteiger partial charge in [-0.15, -0.1) is 0 Å². The normalized spacial score (nSPS) is 11.7. The molecule has 2 aromatic carbocycles. The van der Waals surface area contributed by atoms with Crippen LogP contribution in [-0.4, -0.2) is 17.8 Å². The van der Waals surface area contributed by atoms with Crippen molar-refractivity contribution in [3.05, 3.63) is 59.2 Å². The first-order valence-corrected chi connectivity index (χ1v) is 7.52. The number of hydrogen-bond donors (Lipinski definition) is 1. The number of nitrogens with one attached hydrogen (secondary N) is 1. The van der Waals surface area contributed by atoms with E-state index in [0.29, 0.717) is 11.3 Å². The summed E-state index contributed by atoms with van der Waals surface area (Å²) >= 11 is 0. The van der Waals surface area contributed by atoms with Crippen LogP contribution in [0.25, 0.3) is 0 Å². The first-order chi connectivity index (χ1) is 10.9. The van der Waals surface area contributed by atoms with Crippen molar-refractivity contribution < 1.29 is 14.3 Å². The predicted octanol–water partition coefficient (Wildman–Crippen LogP) is 3.91. The Morgan fingerprint density at radius 3 is 2.48 bits per heavy atom. The number of anilines is 1. The molecular formula is C19H21NO3. The van der Waals surface area contributed by atoms with Crippen LogP contribution < -0.4 is 10.1 Å². The van der Waals surface area contributed by atoms with Gasteiger partial charge in [0, 0.05) is 11.3 Å². The Hall–Kier alpha value is -2.62. The second-order valence-corrected chi connectivity index (χ2v) is 5.65. The predicted molar refractivity (Wildman–Crippen MR) is 91.1 cm³/mol. The molecule has 0 aliphatic heterocycles. The highest BCUT2D eigenvalue weighted by atomic mass is 16.5. The van der Waals surface area contributed by atoms with E-state index in [1.54, 1.807) is 31.2 Å². The molecule has 0 aliphatic rings. The molecule has 0 bridgehead atoms. The summed E-state index contributed by atoms with van der Waals surface area (Å²) in [4.78, 5) is 23.7. The summed E-state index contributed by atoms with van der Waals surface area (Å²) in [5.41, 5.74) is 3.48. The van der Waals surface area contributed by atoms with Crippen LogP contribution in [0.4, 0.5) is 5.69 Å². The van der Waals surface area contributed by atoms with Crippen molar-refractivity contribution in [2.75, 3.05) is 5.32 Å². The van der Waals surface area contributed by atoms with Gasteiger partial charge in [0.1, 0.15) is 5.75 Å². The minimum atomic E-state index is -0.669. The standard InChI is InChI=1S/C19H21NO3/c1-12-8-9-18(13(2)10-12)20-19(22)15(4)23-17-7-5-6-16(11-17)14(3)21/h5-11,15H,1-4H3,(H,20,22). The Bertz CT molecular complexity index is 737. The number of ether oxygens (including phenoxy) is 1. The highest BCUT2D eigenvalue weighted by molar-refractivity contribution is 5.95. The van der Waals surface area contributed by atoms with E-state index in [0.717, 1.165) is 16.8 Å². The monoisotopic (exact) mass is 311 g/mol. The molecule has 120 valence electrons. The van der Waals surface area contributed by atoms with Gasteiger partial charge < -0.3 is 10.1 Å². The molecule has 0 aromatic heterocycles. The Balaban J connectivity index is 2.05. The Kier molecular flexibility index (Phi) is 5.16. The molecule has 4 heteroatoms. The number of amides is 1. The Morgan fingerprint density at radius 1 is 1.09 bits per heavy atom. The van der Waals surface area contributed by atoms with Gasteiger partial charge in [-0.05, 0) is 51.5 Å². The van der Waals surface area contributed by atoms with Crippen LogP contribution in [0.5, 0.6) is 5.75 Å². The van der Waals surface area contributed by atoms with Crippen LogP contribution in [0.2, 0.25) is 0 Å². The minimum absolute atomic E-state index is 0.0390. The first-order valence-electron chi connectivity index (χ1n) is 7.52. The van der Waals surface area contributed by atoms with Crippen LogP contribution >= 0.6 is 0 Å². The number of carbonyl (C=O) groups is 2. The summed E-state index contributed by atoms with van der Waals surface area (Å²) in [6.07, 6.45) is -0.669. The summed E-state index contributed by atoms with van der Waals surface area (Å²) in [7, 11) is 0. The quantitative estimate of drug-likeness (QED) is 0.852. The van der Waals surface area contributed by atoms with E-state index in [1.165, 1.54) is 6.92 Å². The summed E-state index contributed by atoms with van der Waals surface area (Å²) in [5, 5.41) is 2.86. The van der Waals surface area contributed by atoms with E-state index in [4.69, 9.17) is 4.74 Å². The van der Waals surface area contributed by atoms with Crippen molar-refractivity contribution in [2.24, 2.45) is 0 Å². The third-order valence-corrected chi connectivity index (χ3v) is 3.56. The zero-order valence-electron chi connectivity index (χ0n) is 13.8. The van der Waals surface area contributed by atoms with E-state index >= 15 is 0 Å². The highest BCUT2D eigenvalue weighted by Crippen LogP contribution is 2.18. The van der Waals surface area contributed by atoms with Crippen LogP contribution in [0.3, 0.4) is 0 Å². The molecule has 0 saturated heterocycles. The van der Waals surface area contributed by atoms with E-state index in [1.807, 2.05) is 32.0 Å². The lowest BCUT2D eigenvalue weighted by Gasteiger charge is -2.16. The molecular weight excluding hydrogens is 290 g/mol. The zero-order valence-corrected chi connectivity index (χ0v) is 13.8. The number of aryl methyl sites for hydroxylation is 2. The largest absolute Gasteiger partial charge is 0.481 e. The van der Waals surface area contributed by atoms with E-state index in [-0.39, 0.29) is 11.7 Å². The highest BCUT2D eigenvalue weighted by Gasteiger charge is 2.16. The van der Waals surface area contributed by atoms with Crippen LogP contribution in [0.15, 0.2) is 42.5 Å². The average molecular weight is 311 g/mol. The number of ketones is 1. The van der Waals surface area contributed by atoms with E-state index in [2.05, 4.69) is 5.32 Å². The minimum Gasteiger partial charge on any atom is -0.481 e. The molecule has 1 atom stereocenters. The van der Waals surface area contributed by atoms with Gasteiger partial charge in [-0.3, -0.25) is 9.59 Å². The second kappa shape index (κ2) is 7.09. The van der Waals surface area contributed by atoms with E-state index in [9.17, 15) is 9.59 Å². The molecule has 0 radical (unpaired) electrons. The summed E-state index contributed by atoms with van der Waals surface area (Å²) in [6, 6.07) is 12.7. The molecule has 1 unspecified atom stereocenters. The van der Waals surface area contributed by atoms with Crippen LogP contribution in [0.1, 0.15) is 35.3 Å². The van der Waals surface area contributed by atoms with Gasteiger partial charge in [-0.2, -0.15) is 0 Å². The molecule has 23 heavy (non-hydrogen) atoms. The lowest BCUT2D eigenvalue weighted by Crippen LogP contribution is -2.30. The number of Topliss-reactive ketones (excluding diaryl/α,β-unsaturated/α-hetero) is 1. The third kappa shape index (κ3) is 4.42. The maximum Gasteiger partial charge on any atom is 0.265 e. The third-order valence-electron chi connectivity index (χ3n) is 3.56. The van der Waals surface area contributed by atoms with Gasteiger partial charge in [-0.1, -0.05) is 29.8 Å². The fraction of sp³-hybridized carbons (Fsp3) is 0.263. The lowest BCUT2D eigenvalue weighted by atomic mass is 10.1. The zero-order chi connectivity index (χ0) is 17.0. The summed E-state index contributed by atoms with van der Waals surface area (Å²) in [5.74, 6) is 0.231. The molecule has 4 nitrogen and oxygen atoms in total. The molecule has 1 amide bonds. The van der Waals surface area contributed by atoms with Crippen molar-refractivity contribution in [3.63, 3.8) is 0 Å². The molecule has 2 aromatic rings. The fourth-order valence-electron chi connectivity index (χ4n) is 2.23. The van der Waals surface area contributed by atoms with Crippen molar-refractivity contribution >= 4 is 17.4 Å². The summed E-state index contributed by atoms with van der Waals surface area (Å²) in [6.45, 7) is 7.13. The second-order valence-electron chi connectivity index (χ2n) is 5.65. The molecule has 2 rings (SSSR count). The van der Waals surface area contributed by atoms with Crippen LogP contribution in [-0.2, 0) is 4.79 Å². The van der Waals surface area contributed by atoms with Crippen molar-refractivity contribution in [1.82, 2.24) is 0 Å². The van der Waals surface area contributed by atoms with Crippen molar-refractivity contribution in [1.29, 1.82) is 0 Å². The molecule has 0 fully saturated rings. The number of benzene rings is 2. The SMILES string of the molecule is CC(=O)c1cccc(OC(C)C(=O)Nc2ccc(C)cc2C)c1. The van der Waals surface area contributed by atoms with Gasteiger partial charge in [0.15, 0.2) is 11.9 Å². The number of rotatable bonds is 5. The molecule has 0 saturated carbocycles. The van der Waals surface area contributed by atoms with Gasteiger partial charge in [0.2, 0.25) is 0 Å². The lowest BCUT2D eigenvalue weighted by molar-refractivity contribution is -0.122. The smallest absolute Gasteiger partial charge is 0.265 e. The molecule has 0 heterocycles. The number of carbonyl (C=O) groups excluding carboxylic acids is 2. The molecule has 0 spiro atoms. The van der Waals surface area contributed by atoms with Gasteiger partial charge in [-0.25, -0.2) is 0 Å². The van der Waals surface area contributed by atoms with Gasteiger partial charge >= 0.3 is 0 Å². The molecule has 0 aliphatic carbocycles. The fourth-order valence-corrected chi connectivity index (χ4v) is 2.23. The maximum absolute atomic E-state index is 12.3. The van der Waals surface area contributed by atoms with Crippen LogP contribution in [0, 0.1) is 13.8 Å². The van der Waals surface area contributed by atoms with E-state index < -0.39 is 6.10 Å². The average Bonchev–Trinajstić information content (AvgIpc) is 2.50. The Labute approximate surface area is 136 Å².